The molecule has 0 saturated carbocycles. The lowest BCUT2D eigenvalue weighted by Crippen LogP contribution is -2.38. The number of phenols is 1. The maximum absolute atomic E-state index is 12.4. The number of hydrogen-bond acceptors (Lipinski definition) is 4. The number of aliphatic hydroxyl groups is 1. The predicted molar refractivity (Wildman–Crippen MR) is 91.1 cm³/mol. The molecular formula is C18H21NO3S. The first-order valence-electron chi connectivity index (χ1n) is 7.97. The molecule has 3 rings (SSSR count). The second-order valence-corrected chi connectivity index (χ2v) is 7.13. The Morgan fingerprint density at radius 3 is 2.65 bits per heavy atom. The minimum Gasteiger partial charge on any atom is -0.508 e. The van der Waals surface area contributed by atoms with Gasteiger partial charge in [0.15, 0.2) is 0 Å². The molecule has 23 heavy (non-hydrogen) atoms. The summed E-state index contributed by atoms with van der Waals surface area (Å²) < 4.78 is 0. The fraction of sp³-hybridized carbons (Fsp3) is 0.389. The first-order valence-corrected chi connectivity index (χ1v) is 8.78. The van der Waals surface area contributed by atoms with Crippen LogP contribution in [-0.2, 0) is 19.3 Å². The van der Waals surface area contributed by atoms with Crippen molar-refractivity contribution in [3.8, 4) is 5.75 Å². The van der Waals surface area contributed by atoms with Gasteiger partial charge in [-0.05, 0) is 61.4 Å². The predicted octanol–water partition coefficient (Wildman–Crippen LogP) is 2.67. The average Bonchev–Trinajstić information content (AvgIpc) is 3.00. The van der Waals surface area contributed by atoms with Crippen LogP contribution in [0.25, 0.3) is 0 Å². The molecule has 0 aliphatic heterocycles. The smallest absolute Gasteiger partial charge is 0.261 e. The summed E-state index contributed by atoms with van der Waals surface area (Å²) in [6.45, 7) is -0.113. The fourth-order valence-electron chi connectivity index (χ4n) is 2.94. The van der Waals surface area contributed by atoms with E-state index in [4.69, 9.17) is 0 Å². The summed E-state index contributed by atoms with van der Waals surface area (Å²) in [4.78, 5) is 14.5. The van der Waals surface area contributed by atoms with Crippen LogP contribution in [0.2, 0.25) is 0 Å². The summed E-state index contributed by atoms with van der Waals surface area (Å²) in [5.41, 5.74) is 2.28. The van der Waals surface area contributed by atoms with Crippen molar-refractivity contribution in [1.29, 1.82) is 0 Å². The summed E-state index contributed by atoms with van der Waals surface area (Å²) in [5.74, 6) is 0.102. The van der Waals surface area contributed by atoms with Crippen LogP contribution in [0.5, 0.6) is 5.75 Å². The minimum absolute atomic E-state index is 0.109. The van der Waals surface area contributed by atoms with Gasteiger partial charge in [0.1, 0.15) is 5.75 Å². The number of fused-ring (bicyclic) bond motifs is 1. The van der Waals surface area contributed by atoms with Gasteiger partial charge in [-0.1, -0.05) is 12.1 Å². The van der Waals surface area contributed by atoms with Gasteiger partial charge in [-0.15, -0.1) is 11.3 Å². The van der Waals surface area contributed by atoms with Crippen molar-refractivity contribution in [2.45, 2.75) is 38.1 Å². The van der Waals surface area contributed by atoms with E-state index >= 15 is 0 Å². The molecule has 1 aromatic carbocycles. The molecular weight excluding hydrogens is 310 g/mol. The highest BCUT2D eigenvalue weighted by molar-refractivity contribution is 7.14. The van der Waals surface area contributed by atoms with Crippen LogP contribution in [0.3, 0.4) is 0 Å². The molecule has 1 heterocycles. The molecule has 0 unspecified atom stereocenters. The number of aromatic hydroxyl groups is 1. The molecule has 1 aliphatic carbocycles. The van der Waals surface area contributed by atoms with Gasteiger partial charge >= 0.3 is 0 Å². The van der Waals surface area contributed by atoms with Gasteiger partial charge in [-0.2, -0.15) is 0 Å². The topological polar surface area (TPSA) is 69.6 Å². The number of carbonyl (C=O) groups excluding carboxylic acids is 1. The molecule has 4 nitrogen and oxygen atoms in total. The van der Waals surface area contributed by atoms with Crippen molar-refractivity contribution in [1.82, 2.24) is 5.32 Å². The van der Waals surface area contributed by atoms with Crippen LogP contribution in [0.4, 0.5) is 0 Å². The summed E-state index contributed by atoms with van der Waals surface area (Å²) in [7, 11) is 0. The third-order valence-corrected chi connectivity index (χ3v) is 5.43. The number of hydrogen-bond donors (Lipinski definition) is 3. The number of phenolic OH excluding ortho intramolecular Hbond substituents is 1. The molecule has 1 aliphatic rings. The molecule has 0 bridgehead atoms. The number of thiophene rings is 1. The van der Waals surface area contributed by atoms with Crippen LogP contribution in [-0.4, -0.2) is 28.8 Å². The Morgan fingerprint density at radius 1 is 1.22 bits per heavy atom. The summed E-state index contributed by atoms with van der Waals surface area (Å²) >= 11 is 1.58. The Kier molecular flexibility index (Phi) is 4.98. The van der Waals surface area contributed by atoms with Gasteiger partial charge in [0, 0.05) is 4.88 Å². The summed E-state index contributed by atoms with van der Waals surface area (Å²) in [6, 6.07) is 8.50. The molecule has 5 heteroatoms. The molecule has 3 N–H and O–H groups in total. The fourth-order valence-corrected chi connectivity index (χ4v) is 4.09. The highest BCUT2D eigenvalue weighted by atomic mass is 32.1. The number of carbonyl (C=O) groups is 1. The Balaban J connectivity index is 1.65. The number of benzene rings is 1. The SMILES string of the molecule is O=C(N[C@H](CO)Cc1ccc(O)cc1)c1cc2c(s1)CCCC2. The molecule has 1 amide bonds. The van der Waals surface area contributed by atoms with Crippen LogP contribution in [0, 0.1) is 0 Å². The number of aryl methyl sites for hydroxylation is 2. The second-order valence-electron chi connectivity index (χ2n) is 5.99. The zero-order valence-electron chi connectivity index (χ0n) is 12.9. The van der Waals surface area contributed by atoms with E-state index in [1.165, 1.54) is 23.3 Å². The first kappa shape index (κ1) is 16.0. The maximum atomic E-state index is 12.4. The van der Waals surface area contributed by atoms with Crippen molar-refractivity contribution >= 4 is 17.2 Å². The maximum Gasteiger partial charge on any atom is 0.261 e. The van der Waals surface area contributed by atoms with Crippen LogP contribution < -0.4 is 5.32 Å². The van der Waals surface area contributed by atoms with E-state index in [9.17, 15) is 15.0 Å². The molecule has 0 fully saturated rings. The average molecular weight is 331 g/mol. The third kappa shape index (κ3) is 3.92. The highest BCUT2D eigenvalue weighted by Gasteiger charge is 2.19. The number of nitrogens with one attached hydrogen (secondary N) is 1. The van der Waals surface area contributed by atoms with Crippen LogP contribution in [0.15, 0.2) is 30.3 Å². The third-order valence-electron chi connectivity index (χ3n) is 4.19. The van der Waals surface area contributed by atoms with E-state index in [0.29, 0.717) is 6.42 Å². The first-order chi connectivity index (χ1) is 11.2. The van der Waals surface area contributed by atoms with Crippen molar-refractivity contribution in [2.24, 2.45) is 0 Å². The van der Waals surface area contributed by atoms with Gasteiger partial charge in [0.2, 0.25) is 0 Å². The number of aliphatic hydroxyl groups excluding tert-OH is 1. The standard InChI is InChI=1S/C18H21NO3S/c20-11-14(9-12-5-7-15(21)8-6-12)19-18(22)17-10-13-3-1-2-4-16(13)23-17/h5-8,10,14,20-21H,1-4,9,11H2,(H,19,22)/t14-/m0/s1. The Morgan fingerprint density at radius 2 is 1.96 bits per heavy atom. The van der Waals surface area contributed by atoms with Gasteiger partial charge in [-0.25, -0.2) is 0 Å². The van der Waals surface area contributed by atoms with E-state index in [-0.39, 0.29) is 24.3 Å². The highest BCUT2D eigenvalue weighted by Crippen LogP contribution is 2.29. The van der Waals surface area contributed by atoms with Gasteiger partial charge in [0.05, 0.1) is 17.5 Å². The Labute approximate surface area is 139 Å². The quantitative estimate of drug-likeness (QED) is 0.789. The zero-order valence-corrected chi connectivity index (χ0v) is 13.7. The van der Waals surface area contributed by atoms with E-state index in [0.717, 1.165) is 23.3 Å². The van der Waals surface area contributed by atoms with Crippen LogP contribution >= 0.6 is 11.3 Å². The summed E-state index contributed by atoms with van der Waals surface area (Å²) in [5, 5.41) is 21.8. The normalized spacial score (nSPS) is 15.0. The molecule has 2 aromatic rings. The van der Waals surface area contributed by atoms with Crippen LogP contribution in [0.1, 0.15) is 38.5 Å². The molecule has 1 aromatic heterocycles. The summed E-state index contributed by atoms with van der Waals surface area (Å²) in [6.07, 6.45) is 5.08. The van der Waals surface area contributed by atoms with E-state index in [2.05, 4.69) is 5.32 Å². The van der Waals surface area contributed by atoms with Gasteiger partial charge in [-0.3, -0.25) is 4.79 Å². The second kappa shape index (κ2) is 7.15. The number of amides is 1. The van der Waals surface area contributed by atoms with Gasteiger partial charge in [0.25, 0.3) is 5.91 Å². The lowest BCUT2D eigenvalue weighted by atomic mass is 9.99. The molecule has 1 atom stereocenters. The van der Waals surface area contributed by atoms with E-state index in [1.54, 1.807) is 35.6 Å². The lowest BCUT2D eigenvalue weighted by molar-refractivity contribution is 0.0920. The zero-order chi connectivity index (χ0) is 16.2. The van der Waals surface area contributed by atoms with E-state index < -0.39 is 0 Å². The Hall–Kier alpha value is -1.85. The Bertz CT molecular complexity index is 655. The minimum atomic E-state index is -0.328. The van der Waals surface area contributed by atoms with E-state index in [1.807, 2.05) is 6.07 Å². The molecule has 0 saturated heterocycles. The van der Waals surface area contributed by atoms with Crippen molar-refractivity contribution in [3.05, 3.63) is 51.2 Å². The van der Waals surface area contributed by atoms with Crippen molar-refractivity contribution in [3.63, 3.8) is 0 Å². The van der Waals surface area contributed by atoms with Crippen molar-refractivity contribution in [2.75, 3.05) is 6.61 Å². The number of rotatable bonds is 5. The molecule has 122 valence electrons. The molecule has 0 spiro atoms. The van der Waals surface area contributed by atoms with Gasteiger partial charge < -0.3 is 15.5 Å². The monoisotopic (exact) mass is 331 g/mol. The molecule has 0 radical (unpaired) electrons. The largest absolute Gasteiger partial charge is 0.508 e. The lowest BCUT2D eigenvalue weighted by Gasteiger charge is -2.16. The van der Waals surface area contributed by atoms with Crippen molar-refractivity contribution < 1.29 is 15.0 Å².